The Morgan fingerprint density at radius 2 is 1.90 bits per heavy atom. The standard InChI is InChI=1S/C20H22N4O4S/c1-11(2)15(22-16(25)14-8-5-9-29-14)17(26)21-13-7-4-6-12(10-13)20(3)18(27)23-19(28)24-20/h4-11,15H,1-3H3,(H,21,26)(H,22,25)(H2,23,24,27,28)/t15-,20+/m0/s1. The summed E-state index contributed by atoms with van der Waals surface area (Å²) in [5.41, 5.74) is -0.232. The molecule has 0 saturated carbocycles. The van der Waals surface area contributed by atoms with Gasteiger partial charge < -0.3 is 16.0 Å². The number of amides is 5. The Kier molecular flexibility index (Phi) is 5.69. The molecule has 4 N–H and O–H groups in total. The lowest BCUT2D eigenvalue weighted by molar-refractivity contribution is -0.123. The van der Waals surface area contributed by atoms with E-state index in [1.54, 1.807) is 48.7 Å². The molecule has 0 unspecified atom stereocenters. The van der Waals surface area contributed by atoms with Gasteiger partial charge in [-0.3, -0.25) is 19.7 Å². The van der Waals surface area contributed by atoms with E-state index in [1.807, 2.05) is 13.8 Å². The molecule has 0 bridgehead atoms. The second kappa shape index (κ2) is 8.04. The molecule has 1 saturated heterocycles. The molecule has 29 heavy (non-hydrogen) atoms. The van der Waals surface area contributed by atoms with Crippen molar-refractivity contribution in [2.24, 2.45) is 5.92 Å². The molecule has 2 heterocycles. The zero-order chi connectivity index (χ0) is 21.2. The van der Waals surface area contributed by atoms with Gasteiger partial charge in [0.25, 0.3) is 11.8 Å². The predicted octanol–water partition coefficient (Wildman–Crippen LogP) is 2.20. The first-order valence-electron chi connectivity index (χ1n) is 9.10. The van der Waals surface area contributed by atoms with Crippen LogP contribution in [0.5, 0.6) is 0 Å². The summed E-state index contributed by atoms with van der Waals surface area (Å²) >= 11 is 1.30. The molecule has 9 heteroatoms. The van der Waals surface area contributed by atoms with E-state index in [9.17, 15) is 19.2 Å². The van der Waals surface area contributed by atoms with Crippen LogP contribution in [0, 0.1) is 5.92 Å². The topological polar surface area (TPSA) is 116 Å². The first kappa shape index (κ1) is 20.5. The van der Waals surface area contributed by atoms with Gasteiger partial charge in [0, 0.05) is 5.69 Å². The quantitative estimate of drug-likeness (QED) is 0.542. The van der Waals surface area contributed by atoms with Crippen molar-refractivity contribution >= 4 is 40.8 Å². The summed E-state index contributed by atoms with van der Waals surface area (Å²) in [4.78, 5) is 49.4. The summed E-state index contributed by atoms with van der Waals surface area (Å²) in [5.74, 6) is -1.28. The van der Waals surface area contributed by atoms with Gasteiger partial charge in [0.05, 0.1) is 4.88 Å². The average molecular weight is 414 g/mol. The van der Waals surface area contributed by atoms with Crippen molar-refractivity contribution in [3.05, 3.63) is 52.2 Å². The highest BCUT2D eigenvalue weighted by Crippen LogP contribution is 2.26. The van der Waals surface area contributed by atoms with E-state index in [2.05, 4.69) is 21.3 Å². The second-order valence-corrected chi connectivity index (χ2v) is 8.22. The van der Waals surface area contributed by atoms with Crippen molar-refractivity contribution in [2.45, 2.75) is 32.4 Å². The molecular formula is C20H22N4O4S. The zero-order valence-electron chi connectivity index (χ0n) is 16.2. The van der Waals surface area contributed by atoms with E-state index < -0.39 is 23.5 Å². The number of benzene rings is 1. The lowest BCUT2D eigenvalue weighted by Crippen LogP contribution is -2.47. The van der Waals surface area contributed by atoms with Crippen molar-refractivity contribution in [3.63, 3.8) is 0 Å². The maximum atomic E-state index is 12.8. The van der Waals surface area contributed by atoms with Crippen LogP contribution in [-0.2, 0) is 15.1 Å². The van der Waals surface area contributed by atoms with Crippen LogP contribution in [0.3, 0.4) is 0 Å². The Bertz CT molecular complexity index is 957. The fraction of sp³-hybridized carbons (Fsp3) is 0.300. The van der Waals surface area contributed by atoms with Crippen LogP contribution >= 0.6 is 11.3 Å². The van der Waals surface area contributed by atoms with E-state index in [0.29, 0.717) is 16.1 Å². The second-order valence-electron chi connectivity index (χ2n) is 7.28. The lowest BCUT2D eigenvalue weighted by atomic mass is 9.92. The van der Waals surface area contributed by atoms with Gasteiger partial charge in [-0.2, -0.15) is 0 Å². The summed E-state index contributed by atoms with van der Waals surface area (Å²) in [6, 6.07) is 8.84. The Morgan fingerprint density at radius 3 is 2.48 bits per heavy atom. The van der Waals surface area contributed by atoms with Gasteiger partial charge in [0.2, 0.25) is 5.91 Å². The molecule has 2 atom stereocenters. The molecule has 152 valence electrons. The van der Waals surface area contributed by atoms with Crippen molar-refractivity contribution in [1.82, 2.24) is 16.0 Å². The molecule has 1 aromatic carbocycles. The van der Waals surface area contributed by atoms with E-state index in [4.69, 9.17) is 0 Å². The molecule has 0 aliphatic carbocycles. The van der Waals surface area contributed by atoms with Crippen LogP contribution in [0.15, 0.2) is 41.8 Å². The fourth-order valence-corrected chi connectivity index (χ4v) is 3.66. The number of anilines is 1. The zero-order valence-corrected chi connectivity index (χ0v) is 17.1. The molecule has 0 radical (unpaired) electrons. The molecule has 8 nitrogen and oxygen atoms in total. The van der Waals surface area contributed by atoms with Crippen LogP contribution in [0.25, 0.3) is 0 Å². The van der Waals surface area contributed by atoms with Gasteiger partial charge >= 0.3 is 6.03 Å². The highest BCUT2D eigenvalue weighted by atomic mass is 32.1. The van der Waals surface area contributed by atoms with Gasteiger partial charge in [0.1, 0.15) is 11.6 Å². The molecule has 0 spiro atoms. The number of carbonyl (C=O) groups is 4. The number of thiophene rings is 1. The monoisotopic (exact) mass is 414 g/mol. The number of nitrogens with one attached hydrogen (secondary N) is 4. The van der Waals surface area contributed by atoms with E-state index in [1.165, 1.54) is 11.3 Å². The molecule has 1 aliphatic rings. The van der Waals surface area contributed by atoms with Crippen LogP contribution < -0.4 is 21.3 Å². The minimum Gasteiger partial charge on any atom is -0.339 e. The number of hydrogen-bond acceptors (Lipinski definition) is 5. The predicted molar refractivity (Wildman–Crippen MR) is 110 cm³/mol. The number of carbonyl (C=O) groups excluding carboxylic acids is 4. The van der Waals surface area contributed by atoms with Gasteiger partial charge in [-0.1, -0.05) is 32.0 Å². The van der Waals surface area contributed by atoms with Crippen molar-refractivity contribution < 1.29 is 19.2 Å². The number of urea groups is 1. The van der Waals surface area contributed by atoms with Crippen LogP contribution in [0.4, 0.5) is 10.5 Å². The largest absolute Gasteiger partial charge is 0.339 e. The van der Waals surface area contributed by atoms with Crippen molar-refractivity contribution in [1.29, 1.82) is 0 Å². The minimum atomic E-state index is -1.22. The average Bonchev–Trinajstić information content (AvgIpc) is 3.28. The molecule has 1 aromatic heterocycles. The van der Waals surface area contributed by atoms with Crippen molar-refractivity contribution in [3.8, 4) is 0 Å². The highest BCUT2D eigenvalue weighted by Gasteiger charge is 2.43. The van der Waals surface area contributed by atoms with Crippen LogP contribution in [0.1, 0.15) is 36.0 Å². The summed E-state index contributed by atoms with van der Waals surface area (Å²) in [5, 5.41) is 12.2. The Morgan fingerprint density at radius 1 is 1.14 bits per heavy atom. The van der Waals surface area contributed by atoms with Gasteiger partial charge in [-0.25, -0.2) is 4.79 Å². The molecule has 2 aromatic rings. The third-order valence-corrected chi connectivity index (χ3v) is 5.60. The summed E-state index contributed by atoms with van der Waals surface area (Å²) < 4.78 is 0. The summed E-state index contributed by atoms with van der Waals surface area (Å²) in [6.07, 6.45) is 0. The van der Waals surface area contributed by atoms with Gasteiger partial charge in [0.15, 0.2) is 0 Å². The third kappa shape index (κ3) is 4.29. The van der Waals surface area contributed by atoms with E-state index in [-0.39, 0.29) is 17.7 Å². The molecular weight excluding hydrogens is 392 g/mol. The number of imide groups is 1. The van der Waals surface area contributed by atoms with E-state index >= 15 is 0 Å². The number of rotatable bonds is 6. The Balaban J connectivity index is 1.76. The number of hydrogen-bond donors (Lipinski definition) is 4. The Hall–Kier alpha value is -3.20. The summed E-state index contributed by atoms with van der Waals surface area (Å²) in [6.45, 7) is 5.27. The van der Waals surface area contributed by atoms with Crippen molar-refractivity contribution in [2.75, 3.05) is 5.32 Å². The normalized spacial score (nSPS) is 19.4. The van der Waals surface area contributed by atoms with Crippen LogP contribution in [0.2, 0.25) is 0 Å². The summed E-state index contributed by atoms with van der Waals surface area (Å²) in [7, 11) is 0. The molecule has 1 fully saturated rings. The first-order chi connectivity index (χ1) is 13.7. The van der Waals surface area contributed by atoms with E-state index in [0.717, 1.165) is 0 Å². The molecule has 3 rings (SSSR count). The third-order valence-electron chi connectivity index (χ3n) is 4.73. The fourth-order valence-electron chi connectivity index (χ4n) is 3.03. The maximum absolute atomic E-state index is 12.8. The minimum absolute atomic E-state index is 0.139. The van der Waals surface area contributed by atoms with Crippen LogP contribution in [-0.4, -0.2) is 29.8 Å². The Labute approximate surface area is 172 Å². The highest BCUT2D eigenvalue weighted by molar-refractivity contribution is 7.12. The van der Waals surface area contributed by atoms with Gasteiger partial charge in [-0.15, -0.1) is 11.3 Å². The molecule has 5 amide bonds. The smallest absolute Gasteiger partial charge is 0.322 e. The maximum Gasteiger partial charge on any atom is 0.322 e. The lowest BCUT2D eigenvalue weighted by Gasteiger charge is -2.23. The van der Waals surface area contributed by atoms with Gasteiger partial charge in [-0.05, 0) is 42.0 Å². The molecule has 1 aliphatic heterocycles. The SMILES string of the molecule is CC(C)[C@H](NC(=O)c1cccs1)C(=O)Nc1cccc([C@@]2(C)NC(=O)NC2=O)c1. The first-order valence-corrected chi connectivity index (χ1v) is 9.98.